The van der Waals surface area contributed by atoms with Gasteiger partial charge in [-0.15, -0.1) is 11.3 Å². The Morgan fingerprint density at radius 2 is 2.03 bits per heavy atom. The summed E-state index contributed by atoms with van der Waals surface area (Å²) in [7, 11) is 0. The first kappa shape index (κ1) is 20.2. The smallest absolute Gasteiger partial charge is 0.236 e. The Morgan fingerprint density at radius 1 is 1.14 bits per heavy atom. The fourth-order valence-electron chi connectivity index (χ4n) is 3.92. The molecular formula is C22H28N4O2S. The van der Waals surface area contributed by atoms with E-state index in [0.29, 0.717) is 11.9 Å². The Labute approximate surface area is 175 Å². The molecule has 7 heteroatoms. The fraction of sp³-hybridized carbons (Fsp3) is 0.455. The lowest BCUT2D eigenvalue weighted by Gasteiger charge is -2.41. The second-order valence-electron chi connectivity index (χ2n) is 7.64. The third-order valence-electron chi connectivity index (χ3n) is 5.46. The highest BCUT2D eigenvalue weighted by Gasteiger charge is 2.28. The van der Waals surface area contributed by atoms with Crippen LogP contribution in [-0.2, 0) is 13.1 Å². The number of aryl methyl sites for hydroxylation is 2. The molecule has 0 spiro atoms. The highest BCUT2D eigenvalue weighted by Crippen LogP contribution is 2.27. The van der Waals surface area contributed by atoms with E-state index in [1.54, 1.807) is 11.3 Å². The number of nitrogens with zero attached hydrogens (tertiary/aromatic N) is 4. The van der Waals surface area contributed by atoms with Crippen LogP contribution in [-0.4, -0.2) is 57.2 Å². The molecule has 3 aromatic heterocycles. The Hall–Kier alpha value is -2.06. The molecular weight excluding hydrogens is 384 g/mol. The van der Waals surface area contributed by atoms with E-state index in [-0.39, 0.29) is 6.61 Å². The summed E-state index contributed by atoms with van der Waals surface area (Å²) in [5.74, 6) is 1.60. The van der Waals surface area contributed by atoms with Gasteiger partial charge in [0.2, 0.25) is 5.89 Å². The van der Waals surface area contributed by atoms with Crippen molar-refractivity contribution in [1.82, 2.24) is 19.8 Å². The quantitative estimate of drug-likeness (QED) is 0.641. The average molecular weight is 413 g/mol. The number of oxazole rings is 1. The molecule has 6 nitrogen and oxygen atoms in total. The zero-order chi connectivity index (χ0) is 20.2. The highest BCUT2D eigenvalue weighted by atomic mass is 32.1. The fourth-order valence-corrected chi connectivity index (χ4v) is 4.57. The minimum atomic E-state index is 0.196. The third kappa shape index (κ3) is 4.93. The monoisotopic (exact) mass is 412 g/mol. The Morgan fingerprint density at radius 3 is 2.79 bits per heavy atom. The Bertz CT molecular complexity index is 925. The summed E-state index contributed by atoms with van der Waals surface area (Å²) in [5.41, 5.74) is 3.14. The van der Waals surface area contributed by atoms with Crippen LogP contribution in [0.4, 0.5) is 0 Å². The van der Waals surface area contributed by atoms with Crippen molar-refractivity contribution in [1.29, 1.82) is 0 Å². The molecule has 0 aliphatic carbocycles. The number of thiophene rings is 1. The van der Waals surface area contributed by atoms with Gasteiger partial charge in [-0.2, -0.15) is 0 Å². The maximum Gasteiger partial charge on any atom is 0.236 e. The normalized spacial score (nSPS) is 18.4. The standard InChI is InChI=1S/C22H28N4O2S/c1-16-5-3-6-18(23-16)13-26-10-9-25(14-19(26)8-11-27)15-20-17(2)28-22(24-20)21-7-4-12-29-21/h3-7,12,19,27H,8-11,13-15H2,1-2H3/t19-/m1/s1. The second kappa shape index (κ2) is 9.17. The van der Waals surface area contributed by atoms with E-state index in [1.165, 1.54) is 0 Å². The molecule has 0 aromatic carbocycles. The minimum Gasteiger partial charge on any atom is -0.440 e. The number of pyridine rings is 1. The van der Waals surface area contributed by atoms with Crippen LogP contribution in [0.1, 0.15) is 29.3 Å². The number of rotatable bonds is 7. The average Bonchev–Trinajstić information content (AvgIpc) is 3.35. The highest BCUT2D eigenvalue weighted by molar-refractivity contribution is 7.13. The van der Waals surface area contributed by atoms with Crippen molar-refractivity contribution in [2.24, 2.45) is 0 Å². The van der Waals surface area contributed by atoms with Gasteiger partial charge in [-0.1, -0.05) is 12.1 Å². The summed E-state index contributed by atoms with van der Waals surface area (Å²) in [6, 6.07) is 10.5. The summed E-state index contributed by atoms with van der Waals surface area (Å²) >= 11 is 1.64. The molecule has 0 saturated carbocycles. The molecule has 29 heavy (non-hydrogen) atoms. The zero-order valence-electron chi connectivity index (χ0n) is 17.0. The number of hydrogen-bond donors (Lipinski definition) is 1. The van der Waals surface area contributed by atoms with E-state index in [2.05, 4.69) is 26.9 Å². The van der Waals surface area contributed by atoms with E-state index >= 15 is 0 Å². The summed E-state index contributed by atoms with van der Waals surface area (Å²) < 4.78 is 5.90. The van der Waals surface area contributed by atoms with E-state index in [4.69, 9.17) is 9.40 Å². The van der Waals surface area contributed by atoms with E-state index in [1.807, 2.05) is 37.4 Å². The van der Waals surface area contributed by atoms with Gasteiger partial charge < -0.3 is 9.52 Å². The van der Waals surface area contributed by atoms with Gasteiger partial charge in [-0.3, -0.25) is 14.8 Å². The van der Waals surface area contributed by atoms with Gasteiger partial charge in [0.25, 0.3) is 0 Å². The Kier molecular flexibility index (Phi) is 6.40. The summed E-state index contributed by atoms with van der Waals surface area (Å²) in [5, 5.41) is 11.6. The van der Waals surface area contributed by atoms with Crippen molar-refractivity contribution < 1.29 is 9.52 Å². The topological polar surface area (TPSA) is 65.6 Å². The molecule has 1 saturated heterocycles. The molecule has 1 fully saturated rings. The SMILES string of the molecule is Cc1cccc(CN2CCN(Cc3nc(-c4cccs4)oc3C)C[C@H]2CCO)n1. The molecule has 0 unspecified atom stereocenters. The molecule has 0 amide bonds. The molecule has 4 rings (SSSR count). The Balaban J connectivity index is 1.42. The van der Waals surface area contributed by atoms with Crippen molar-refractivity contribution in [2.45, 2.75) is 39.4 Å². The summed E-state index contributed by atoms with van der Waals surface area (Å²) in [6.07, 6.45) is 0.764. The van der Waals surface area contributed by atoms with E-state index in [0.717, 1.165) is 66.9 Å². The lowest BCUT2D eigenvalue weighted by Crippen LogP contribution is -2.52. The number of aliphatic hydroxyl groups is 1. The van der Waals surface area contributed by atoms with Crippen molar-refractivity contribution in [3.05, 3.63) is 58.6 Å². The first-order valence-electron chi connectivity index (χ1n) is 10.1. The van der Waals surface area contributed by atoms with Crippen molar-refractivity contribution in [3.8, 4) is 10.8 Å². The predicted octanol–water partition coefficient (Wildman–Crippen LogP) is 3.48. The van der Waals surface area contributed by atoms with Crippen molar-refractivity contribution in [3.63, 3.8) is 0 Å². The van der Waals surface area contributed by atoms with Crippen LogP contribution in [0, 0.1) is 13.8 Å². The van der Waals surface area contributed by atoms with Crippen LogP contribution in [0.25, 0.3) is 10.8 Å². The van der Waals surface area contributed by atoms with Gasteiger partial charge in [-0.25, -0.2) is 4.98 Å². The van der Waals surface area contributed by atoms with Gasteiger partial charge in [0.05, 0.1) is 16.3 Å². The van der Waals surface area contributed by atoms with Gasteiger partial charge in [0.1, 0.15) is 5.76 Å². The molecule has 0 radical (unpaired) electrons. The molecule has 154 valence electrons. The first-order valence-corrected chi connectivity index (χ1v) is 11.0. The predicted molar refractivity (Wildman–Crippen MR) is 115 cm³/mol. The number of hydrogen-bond acceptors (Lipinski definition) is 7. The largest absolute Gasteiger partial charge is 0.440 e. The van der Waals surface area contributed by atoms with Gasteiger partial charge in [-0.05, 0) is 43.8 Å². The summed E-state index contributed by atoms with van der Waals surface area (Å²) in [4.78, 5) is 15.3. The van der Waals surface area contributed by atoms with Gasteiger partial charge in [0.15, 0.2) is 0 Å². The van der Waals surface area contributed by atoms with Gasteiger partial charge >= 0.3 is 0 Å². The summed E-state index contributed by atoms with van der Waals surface area (Å²) in [6.45, 7) is 8.64. The van der Waals surface area contributed by atoms with Crippen LogP contribution in [0.5, 0.6) is 0 Å². The van der Waals surface area contributed by atoms with Crippen molar-refractivity contribution in [2.75, 3.05) is 26.2 Å². The molecule has 1 N–H and O–H groups in total. The van der Waals surface area contributed by atoms with Crippen LogP contribution >= 0.6 is 11.3 Å². The molecule has 0 bridgehead atoms. The molecule has 1 aliphatic rings. The minimum absolute atomic E-state index is 0.196. The molecule has 1 atom stereocenters. The lowest BCUT2D eigenvalue weighted by molar-refractivity contribution is 0.0484. The number of aromatic nitrogens is 2. The third-order valence-corrected chi connectivity index (χ3v) is 6.32. The van der Waals surface area contributed by atoms with Crippen molar-refractivity contribution >= 4 is 11.3 Å². The number of piperazine rings is 1. The van der Waals surface area contributed by atoms with E-state index < -0.39 is 0 Å². The van der Waals surface area contributed by atoms with Crippen LogP contribution in [0.15, 0.2) is 40.1 Å². The van der Waals surface area contributed by atoms with Crippen LogP contribution in [0.3, 0.4) is 0 Å². The molecule has 4 heterocycles. The molecule has 3 aromatic rings. The van der Waals surface area contributed by atoms with Crippen LogP contribution < -0.4 is 0 Å². The lowest BCUT2D eigenvalue weighted by atomic mass is 10.1. The number of aliphatic hydroxyl groups excluding tert-OH is 1. The first-order chi connectivity index (χ1) is 14.1. The maximum atomic E-state index is 9.59. The maximum absolute atomic E-state index is 9.59. The molecule has 1 aliphatic heterocycles. The van der Waals surface area contributed by atoms with E-state index in [9.17, 15) is 5.11 Å². The second-order valence-corrected chi connectivity index (χ2v) is 8.59. The zero-order valence-corrected chi connectivity index (χ0v) is 17.9. The van der Waals surface area contributed by atoms with Gasteiger partial charge in [0, 0.05) is 51.1 Å². The van der Waals surface area contributed by atoms with Crippen LogP contribution in [0.2, 0.25) is 0 Å².